The predicted molar refractivity (Wildman–Crippen MR) is 112 cm³/mol. The lowest BCUT2D eigenvalue weighted by atomic mass is 10.1. The highest BCUT2D eigenvalue weighted by Crippen LogP contribution is 2.28. The highest BCUT2D eigenvalue weighted by atomic mass is 16.5. The maximum Gasteiger partial charge on any atom is 0.251 e. The number of hydrogen-bond donors (Lipinski definition) is 1. The molecule has 6 nitrogen and oxygen atoms in total. The summed E-state index contributed by atoms with van der Waals surface area (Å²) >= 11 is 0. The number of nitrogens with zero attached hydrogens (tertiary/aromatic N) is 1. The zero-order valence-corrected chi connectivity index (χ0v) is 17.3. The lowest BCUT2D eigenvalue weighted by molar-refractivity contribution is 0.0342. The van der Waals surface area contributed by atoms with E-state index in [1.165, 1.54) is 5.56 Å². The van der Waals surface area contributed by atoms with E-state index in [-0.39, 0.29) is 5.91 Å². The van der Waals surface area contributed by atoms with Crippen molar-refractivity contribution in [1.82, 2.24) is 10.2 Å². The molecular weight excluding hydrogens is 368 g/mol. The third kappa shape index (κ3) is 6.21. The minimum absolute atomic E-state index is 0.0882. The van der Waals surface area contributed by atoms with E-state index in [1.54, 1.807) is 0 Å². The van der Waals surface area contributed by atoms with Crippen molar-refractivity contribution >= 4 is 5.91 Å². The highest BCUT2D eigenvalue weighted by molar-refractivity contribution is 5.94. The van der Waals surface area contributed by atoms with Gasteiger partial charge in [-0.15, -0.1) is 0 Å². The number of carbonyl (C=O) groups excluding carboxylic acids is 1. The van der Waals surface area contributed by atoms with E-state index in [0.717, 1.165) is 44.2 Å². The number of nitrogens with one attached hydrogen (secondary N) is 1. The summed E-state index contributed by atoms with van der Waals surface area (Å²) in [6.45, 7) is 9.82. The number of amides is 1. The first kappa shape index (κ1) is 21.1. The SMILES string of the molecule is CCOc1ccc(CNC(=O)c2ccc(CN3CCOCC3)cc2)cc1OCC. The summed E-state index contributed by atoms with van der Waals surface area (Å²) in [4.78, 5) is 14.9. The average Bonchev–Trinajstić information content (AvgIpc) is 2.75. The van der Waals surface area contributed by atoms with Crippen LogP contribution in [0, 0.1) is 0 Å². The van der Waals surface area contributed by atoms with Gasteiger partial charge in [0.1, 0.15) is 0 Å². The Labute approximate surface area is 172 Å². The van der Waals surface area contributed by atoms with Gasteiger partial charge >= 0.3 is 0 Å². The van der Waals surface area contributed by atoms with Gasteiger partial charge in [0.25, 0.3) is 5.91 Å². The fraction of sp³-hybridized carbons (Fsp3) is 0.435. The van der Waals surface area contributed by atoms with Crippen LogP contribution in [0.15, 0.2) is 42.5 Å². The Kier molecular flexibility index (Phi) is 7.90. The molecule has 1 heterocycles. The number of benzene rings is 2. The molecule has 1 amide bonds. The average molecular weight is 399 g/mol. The van der Waals surface area contributed by atoms with Gasteiger partial charge in [0.05, 0.1) is 26.4 Å². The molecule has 2 aromatic rings. The van der Waals surface area contributed by atoms with Gasteiger partial charge in [0.15, 0.2) is 11.5 Å². The maximum atomic E-state index is 12.5. The second-order valence-electron chi connectivity index (χ2n) is 6.92. The number of morpholine rings is 1. The Bertz CT molecular complexity index is 786. The van der Waals surface area contributed by atoms with Gasteiger partial charge in [0.2, 0.25) is 0 Å². The quantitative estimate of drug-likeness (QED) is 0.703. The minimum Gasteiger partial charge on any atom is -0.490 e. The van der Waals surface area contributed by atoms with Crippen LogP contribution in [-0.2, 0) is 17.8 Å². The van der Waals surface area contributed by atoms with Crippen molar-refractivity contribution in [3.05, 3.63) is 59.2 Å². The molecule has 1 saturated heterocycles. The molecule has 0 radical (unpaired) electrons. The molecule has 0 aromatic heterocycles. The number of carbonyl (C=O) groups is 1. The highest BCUT2D eigenvalue weighted by Gasteiger charge is 2.12. The molecule has 0 saturated carbocycles. The van der Waals surface area contributed by atoms with Gasteiger partial charge in [-0.05, 0) is 49.2 Å². The van der Waals surface area contributed by atoms with Crippen molar-refractivity contribution in [2.45, 2.75) is 26.9 Å². The Morgan fingerprint density at radius 1 is 0.966 bits per heavy atom. The van der Waals surface area contributed by atoms with Crippen LogP contribution < -0.4 is 14.8 Å². The van der Waals surface area contributed by atoms with E-state index < -0.39 is 0 Å². The fourth-order valence-electron chi connectivity index (χ4n) is 3.27. The molecule has 0 atom stereocenters. The molecule has 0 aliphatic carbocycles. The molecule has 156 valence electrons. The molecular formula is C23H30N2O4. The third-order valence-corrected chi connectivity index (χ3v) is 4.79. The molecule has 0 spiro atoms. The van der Waals surface area contributed by atoms with Crippen LogP contribution in [0.1, 0.15) is 35.3 Å². The molecule has 2 aromatic carbocycles. The Balaban J connectivity index is 1.55. The van der Waals surface area contributed by atoms with Crippen molar-refractivity contribution in [3.63, 3.8) is 0 Å². The zero-order valence-electron chi connectivity index (χ0n) is 17.3. The minimum atomic E-state index is -0.0882. The number of hydrogen-bond acceptors (Lipinski definition) is 5. The van der Waals surface area contributed by atoms with E-state index in [2.05, 4.69) is 10.2 Å². The van der Waals surface area contributed by atoms with Gasteiger partial charge in [-0.1, -0.05) is 18.2 Å². The lowest BCUT2D eigenvalue weighted by Gasteiger charge is -2.26. The Morgan fingerprint density at radius 3 is 2.31 bits per heavy atom. The van der Waals surface area contributed by atoms with Crippen LogP contribution in [0.2, 0.25) is 0 Å². The van der Waals surface area contributed by atoms with Crippen molar-refractivity contribution in [2.75, 3.05) is 39.5 Å². The van der Waals surface area contributed by atoms with Crippen LogP contribution in [0.25, 0.3) is 0 Å². The summed E-state index contributed by atoms with van der Waals surface area (Å²) in [6.07, 6.45) is 0. The first-order chi connectivity index (χ1) is 14.2. The number of ether oxygens (including phenoxy) is 3. The van der Waals surface area contributed by atoms with Crippen LogP contribution in [0.5, 0.6) is 11.5 Å². The van der Waals surface area contributed by atoms with E-state index in [0.29, 0.717) is 31.1 Å². The first-order valence-corrected chi connectivity index (χ1v) is 10.3. The predicted octanol–water partition coefficient (Wildman–Crippen LogP) is 3.25. The molecule has 1 fully saturated rings. The molecule has 1 N–H and O–H groups in total. The lowest BCUT2D eigenvalue weighted by Crippen LogP contribution is -2.35. The largest absolute Gasteiger partial charge is 0.490 e. The van der Waals surface area contributed by atoms with Gasteiger partial charge in [-0.2, -0.15) is 0 Å². The van der Waals surface area contributed by atoms with Gasteiger partial charge in [0, 0.05) is 31.7 Å². The molecule has 0 bridgehead atoms. The first-order valence-electron chi connectivity index (χ1n) is 10.3. The molecule has 6 heteroatoms. The Hall–Kier alpha value is -2.57. The van der Waals surface area contributed by atoms with Crippen molar-refractivity contribution in [3.8, 4) is 11.5 Å². The van der Waals surface area contributed by atoms with Crippen molar-refractivity contribution in [2.24, 2.45) is 0 Å². The van der Waals surface area contributed by atoms with Gasteiger partial charge in [-0.3, -0.25) is 9.69 Å². The molecule has 0 unspecified atom stereocenters. The van der Waals surface area contributed by atoms with Crippen LogP contribution >= 0.6 is 0 Å². The van der Waals surface area contributed by atoms with Crippen LogP contribution in [0.3, 0.4) is 0 Å². The van der Waals surface area contributed by atoms with Crippen LogP contribution in [-0.4, -0.2) is 50.3 Å². The Morgan fingerprint density at radius 2 is 1.62 bits per heavy atom. The van der Waals surface area contributed by atoms with Crippen molar-refractivity contribution < 1.29 is 19.0 Å². The van der Waals surface area contributed by atoms with E-state index in [1.807, 2.05) is 56.3 Å². The molecule has 1 aliphatic heterocycles. The second kappa shape index (κ2) is 10.8. The third-order valence-electron chi connectivity index (χ3n) is 4.79. The summed E-state index contributed by atoms with van der Waals surface area (Å²) in [6, 6.07) is 13.6. The van der Waals surface area contributed by atoms with E-state index in [4.69, 9.17) is 14.2 Å². The molecule has 29 heavy (non-hydrogen) atoms. The summed E-state index contributed by atoms with van der Waals surface area (Å²) in [5.41, 5.74) is 2.83. The van der Waals surface area contributed by atoms with E-state index >= 15 is 0 Å². The standard InChI is InChI=1S/C23H30N2O4/c1-3-28-21-10-7-19(15-22(21)29-4-2)16-24-23(26)20-8-5-18(6-9-20)17-25-11-13-27-14-12-25/h5-10,15H,3-4,11-14,16-17H2,1-2H3,(H,24,26). The fourth-order valence-corrected chi connectivity index (χ4v) is 3.27. The summed E-state index contributed by atoms with van der Waals surface area (Å²) in [7, 11) is 0. The van der Waals surface area contributed by atoms with Crippen LogP contribution in [0.4, 0.5) is 0 Å². The summed E-state index contributed by atoms with van der Waals surface area (Å²) in [5, 5.41) is 2.97. The maximum absolute atomic E-state index is 12.5. The zero-order chi connectivity index (χ0) is 20.5. The normalized spacial score (nSPS) is 14.4. The topological polar surface area (TPSA) is 60.0 Å². The van der Waals surface area contributed by atoms with E-state index in [9.17, 15) is 4.79 Å². The molecule has 3 rings (SSSR count). The summed E-state index contributed by atoms with van der Waals surface area (Å²) < 4.78 is 16.6. The second-order valence-corrected chi connectivity index (χ2v) is 6.92. The monoisotopic (exact) mass is 398 g/mol. The van der Waals surface area contributed by atoms with Gasteiger partial charge < -0.3 is 19.5 Å². The number of rotatable bonds is 9. The van der Waals surface area contributed by atoms with Crippen molar-refractivity contribution in [1.29, 1.82) is 0 Å². The van der Waals surface area contributed by atoms with Gasteiger partial charge in [-0.25, -0.2) is 0 Å². The summed E-state index contributed by atoms with van der Waals surface area (Å²) in [5.74, 6) is 1.34. The molecule has 1 aliphatic rings. The smallest absolute Gasteiger partial charge is 0.251 e.